The summed E-state index contributed by atoms with van der Waals surface area (Å²) in [6, 6.07) is 10.3. The molecule has 0 bridgehead atoms. The highest BCUT2D eigenvalue weighted by Crippen LogP contribution is 2.22. The van der Waals surface area contributed by atoms with Gasteiger partial charge in [-0.3, -0.25) is 0 Å². The Morgan fingerprint density at radius 1 is 0.778 bits per heavy atom. The van der Waals surface area contributed by atoms with E-state index in [4.69, 9.17) is 11.6 Å². The number of hydrogen-bond acceptors (Lipinski definition) is 0. The minimum Gasteiger partial charge on any atom is -0.206 e. The normalized spacial score (nSPS) is 9.67. The first-order chi connectivity index (χ1) is 8.38. The van der Waals surface area contributed by atoms with Crippen LogP contribution in [0.4, 0.5) is 4.39 Å². The summed E-state index contributed by atoms with van der Waals surface area (Å²) in [5, 5.41) is 0.733. The third kappa shape index (κ3) is 6.15. The van der Waals surface area contributed by atoms with Gasteiger partial charge in [0.05, 0.1) is 4.47 Å². The molecule has 0 aliphatic heterocycles. The van der Waals surface area contributed by atoms with Gasteiger partial charge in [-0.05, 0) is 52.3 Å². The van der Waals surface area contributed by atoms with E-state index in [9.17, 15) is 4.39 Å². The highest BCUT2D eigenvalue weighted by atomic mass is 79.9. The highest BCUT2D eigenvalue weighted by molar-refractivity contribution is 9.11. The average molecular weight is 524 g/mol. The summed E-state index contributed by atoms with van der Waals surface area (Å²) in [4.78, 5) is 0. The highest BCUT2D eigenvalue weighted by Gasteiger charge is 1.96. The number of benzene rings is 2. The predicted octanol–water partition coefficient (Wildman–Crippen LogP) is 7.22. The van der Waals surface area contributed by atoms with Gasteiger partial charge in [0, 0.05) is 18.4 Å². The quantitative estimate of drug-likeness (QED) is 0.320. The first kappa shape index (κ1) is 16.6. The molecule has 0 saturated heterocycles. The molecule has 0 aromatic heterocycles. The number of halogens is 6. The van der Waals surface area contributed by atoms with Gasteiger partial charge in [0.25, 0.3) is 0 Å². The summed E-state index contributed by atoms with van der Waals surface area (Å²) >= 11 is 18.5. The van der Waals surface area contributed by atoms with Crippen LogP contribution in [0.15, 0.2) is 54.3 Å². The van der Waals surface area contributed by atoms with Crippen molar-refractivity contribution in [1.29, 1.82) is 0 Å². The molecule has 0 N–H and O–H groups in total. The van der Waals surface area contributed by atoms with E-state index in [-0.39, 0.29) is 5.82 Å². The molecule has 2 aromatic carbocycles. The zero-order valence-electron chi connectivity index (χ0n) is 8.73. The van der Waals surface area contributed by atoms with Crippen molar-refractivity contribution in [2.75, 3.05) is 0 Å². The van der Waals surface area contributed by atoms with Crippen LogP contribution in [-0.4, -0.2) is 0 Å². The third-order valence-corrected chi connectivity index (χ3v) is 3.94. The van der Waals surface area contributed by atoms with Crippen LogP contribution in [-0.2, 0) is 0 Å². The standard InChI is InChI=1S/C6H3Br2Cl.C6H3Br2F/c7-4-1-5(8)3-6(9)2-4;7-4-1-2-6(9)5(8)3-4/h2*1-3H. The van der Waals surface area contributed by atoms with Gasteiger partial charge >= 0.3 is 0 Å². The summed E-state index contributed by atoms with van der Waals surface area (Å²) in [5.74, 6) is -0.238. The van der Waals surface area contributed by atoms with Gasteiger partial charge in [-0.1, -0.05) is 59.4 Å². The van der Waals surface area contributed by atoms with Crippen molar-refractivity contribution in [3.05, 3.63) is 65.1 Å². The molecule has 2 rings (SSSR count). The largest absolute Gasteiger partial charge is 0.206 e. The van der Waals surface area contributed by atoms with Crippen LogP contribution < -0.4 is 0 Å². The van der Waals surface area contributed by atoms with Crippen LogP contribution in [0.2, 0.25) is 5.02 Å². The Morgan fingerprint density at radius 2 is 1.33 bits per heavy atom. The molecule has 0 unspecified atom stereocenters. The fraction of sp³-hybridized carbons (Fsp3) is 0. The molecule has 0 fully saturated rings. The van der Waals surface area contributed by atoms with Crippen molar-refractivity contribution in [3.63, 3.8) is 0 Å². The van der Waals surface area contributed by atoms with Gasteiger partial charge in [0.15, 0.2) is 0 Å². The van der Waals surface area contributed by atoms with Crippen LogP contribution in [0, 0.1) is 5.82 Å². The molecule has 0 heterocycles. The molecular weight excluding hydrogens is 518 g/mol. The second kappa shape index (κ2) is 8.00. The fourth-order valence-corrected chi connectivity index (χ4v) is 3.83. The number of hydrogen-bond donors (Lipinski definition) is 0. The molecule has 18 heavy (non-hydrogen) atoms. The lowest BCUT2D eigenvalue weighted by Gasteiger charge is -1.92. The van der Waals surface area contributed by atoms with Crippen molar-refractivity contribution in [2.24, 2.45) is 0 Å². The van der Waals surface area contributed by atoms with Gasteiger partial charge in [-0.15, -0.1) is 0 Å². The Labute approximate surface area is 143 Å². The van der Waals surface area contributed by atoms with E-state index >= 15 is 0 Å². The van der Waals surface area contributed by atoms with Crippen molar-refractivity contribution in [1.82, 2.24) is 0 Å². The van der Waals surface area contributed by atoms with Gasteiger partial charge in [0.1, 0.15) is 5.82 Å². The maximum atomic E-state index is 12.4. The summed E-state index contributed by atoms with van der Waals surface area (Å²) in [6.45, 7) is 0. The first-order valence-corrected chi connectivity index (χ1v) is 8.15. The van der Waals surface area contributed by atoms with Crippen LogP contribution in [0.1, 0.15) is 0 Å². The first-order valence-electron chi connectivity index (χ1n) is 4.60. The minimum atomic E-state index is -0.238. The van der Waals surface area contributed by atoms with Gasteiger partial charge in [0.2, 0.25) is 0 Å². The van der Waals surface area contributed by atoms with Crippen LogP contribution >= 0.6 is 75.3 Å². The molecule has 0 aliphatic rings. The Kier molecular flexibility index (Phi) is 7.39. The summed E-state index contributed by atoms with van der Waals surface area (Å²) in [6.07, 6.45) is 0. The Balaban J connectivity index is 0.000000180. The smallest absolute Gasteiger partial charge is 0.137 e. The third-order valence-electron chi connectivity index (χ3n) is 1.71. The van der Waals surface area contributed by atoms with E-state index in [1.807, 2.05) is 18.2 Å². The van der Waals surface area contributed by atoms with E-state index in [2.05, 4.69) is 63.7 Å². The summed E-state index contributed by atoms with van der Waals surface area (Å²) in [5.41, 5.74) is 0. The van der Waals surface area contributed by atoms with Crippen LogP contribution in [0.3, 0.4) is 0 Å². The van der Waals surface area contributed by atoms with Crippen molar-refractivity contribution in [2.45, 2.75) is 0 Å². The molecule has 0 atom stereocenters. The Morgan fingerprint density at radius 3 is 1.72 bits per heavy atom. The molecule has 0 amide bonds. The van der Waals surface area contributed by atoms with E-state index in [0.717, 1.165) is 18.4 Å². The van der Waals surface area contributed by atoms with E-state index in [1.54, 1.807) is 12.1 Å². The SMILES string of the molecule is Clc1cc(Br)cc(Br)c1.Fc1ccc(Br)cc1Br. The molecule has 0 saturated carbocycles. The molecule has 6 heteroatoms. The summed E-state index contributed by atoms with van der Waals surface area (Å²) in [7, 11) is 0. The lowest BCUT2D eigenvalue weighted by atomic mass is 10.4. The zero-order valence-corrected chi connectivity index (χ0v) is 15.8. The Hall–Kier alpha value is 0.580. The average Bonchev–Trinajstić information content (AvgIpc) is 2.23. The molecule has 2 aromatic rings. The van der Waals surface area contributed by atoms with E-state index < -0.39 is 0 Å². The zero-order chi connectivity index (χ0) is 13.7. The molecule has 0 radical (unpaired) electrons. The fourth-order valence-electron chi connectivity index (χ4n) is 0.991. The van der Waals surface area contributed by atoms with E-state index in [0.29, 0.717) is 4.47 Å². The predicted molar refractivity (Wildman–Crippen MR) is 88.7 cm³/mol. The van der Waals surface area contributed by atoms with Crippen molar-refractivity contribution in [3.8, 4) is 0 Å². The van der Waals surface area contributed by atoms with Crippen LogP contribution in [0.25, 0.3) is 0 Å². The van der Waals surface area contributed by atoms with Crippen molar-refractivity contribution < 1.29 is 4.39 Å². The van der Waals surface area contributed by atoms with E-state index in [1.165, 1.54) is 6.07 Å². The molecule has 0 spiro atoms. The molecular formula is C12H6Br4ClF. The molecule has 0 nitrogen and oxygen atoms in total. The monoisotopic (exact) mass is 520 g/mol. The summed E-state index contributed by atoms with van der Waals surface area (Å²) < 4.78 is 15.8. The van der Waals surface area contributed by atoms with Gasteiger partial charge in [-0.25, -0.2) is 4.39 Å². The number of rotatable bonds is 0. The second-order valence-electron chi connectivity index (χ2n) is 3.15. The lowest BCUT2D eigenvalue weighted by molar-refractivity contribution is 0.621. The minimum absolute atomic E-state index is 0.238. The molecule has 0 aliphatic carbocycles. The Bertz CT molecular complexity index is 495. The maximum absolute atomic E-state index is 12.4. The molecule has 96 valence electrons. The lowest BCUT2D eigenvalue weighted by Crippen LogP contribution is -1.73. The second-order valence-corrected chi connectivity index (χ2v) is 7.18. The van der Waals surface area contributed by atoms with Crippen LogP contribution in [0.5, 0.6) is 0 Å². The van der Waals surface area contributed by atoms with Gasteiger partial charge < -0.3 is 0 Å². The topological polar surface area (TPSA) is 0 Å². The van der Waals surface area contributed by atoms with Gasteiger partial charge in [-0.2, -0.15) is 0 Å². The van der Waals surface area contributed by atoms with Crippen molar-refractivity contribution >= 4 is 75.3 Å². The maximum Gasteiger partial charge on any atom is 0.137 e.